The fourth-order valence-electron chi connectivity index (χ4n) is 3.77. The standard InChI is InChI=1S/C27H38O5Si/c1-26(2,3)32-25(29)30-20-14-13-15-22(28)21-31-33(27(4,5)6,23-16-9-7-10-17-23)24-18-11-8-12-19-24/h7-14,16-19,22,28H,15,20-21H2,1-6H3/b14-13+/t22-/m1/s1. The van der Waals surface area contributed by atoms with E-state index in [0.717, 1.165) is 0 Å². The van der Waals surface area contributed by atoms with E-state index in [2.05, 4.69) is 45.0 Å². The van der Waals surface area contributed by atoms with Crippen molar-refractivity contribution < 1.29 is 23.8 Å². The van der Waals surface area contributed by atoms with E-state index in [1.54, 1.807) is 32.9 Å². The summed E-state index contributed by atoms with van der Waals surface area (Å²) in [4.78, 5) is 11.6. The highest BCUT2D eigenvalue weighted by Crippen LogP contribution is 2.36. The van der Waals surface area contributed by atoms with E-state index in [9.17, 15) is 9.90 Å². The SMILES string of the molecule is CC(C)(C)OC(=O)OC/C=C/C[C@@H](O)CO[Si](c1ccccc1)(c1ccccc1)C(C)(C)C. The van der Waals surface area contributed by atoms with Gasteiger partial charge in [-0.05, 0) is 42.6 Å². The first-order valence-corrected chi connectivity index (χ1v) is 13.3. The van der Waals surface area contributed by atoms with E-state index in [4.69, 9.17) is 13.9 Å². The van der Waals surface area contributed by atoms with Gasteiger partial charge < -0.3 is 19.0 Å². The summed E-state index contributed by atoms with van der Waals surface area (Å²) >= 11 is 0. The minimum absolute atomic E-state index is 0.0944. The molecule has 5 nitrogen and oxygen atoms in total. The van der Waals surface area contributed by atoms with Crippen molar-refractivity contribution in [3.8, 4) is 0 Å². The molecule has 0 heterocycles. The predicted molar refractivity (Wildman–Crippen MR) is 136 cm³/mol. The molecule has 0 bridgehead atoms. The second kappa shape index (κ2) is 11.6. The number of rotatable bonds is 9. The Morgan fingerprint density at radius 3 is 1.88 bits per heavy atom. The highest BCUT2D eigenvalue weighted by Gasteiger charge is 2.50. The van der Waals surface area contributed by atoms with Crippen molar-refractivity contribution in [3.05, 3.63) is 72.8 Å². The summed E-state index contributed by atoms with van der Waals surface area (Å²) < 4.78 is 16.8. The van der Waals surface area contributed by atoms with Gasteiger partial charge in [0.15, 0.2) is 0 Å². The van der Waals surface area contributed by atoms with Crippen LogP contribution in [0.1, 0.15) is 48.0 Å². The molecular formula is C27H38O5Si. The molecule has 0 aliphatic rings. The molecule has 0 saturated heterocycles. The topological polar surface area (TPSA) is 65.0 Å². The molecule has 0 radical (unpaired) electrons. The molecule has 0 aliphatic carbocycles. The molecule has 0 amide bonds. The van der Waals surface area contributed by atoms with Gasteiger partial charge in [0.25, 0.3) is 8.32 Å². The van der Waals surface area contributed by atoms with E-state index in [1.165, 1.54) is 10.4 Å². The summed E-state index contributed by atoms with van der Waals surface area (Å²) in [6.07, 6.45) is 2.52. The number of carbonyl (C=O) groups is 1. The zero-order valence-electron chi connectivity index (χ0n) is 20.7. The minimum atomic E-state index is -2.67. The fourth-order valence-corrected chi connectivity index (χ4v) is 8.37. The average Bonchev–Trinajstić information content (AvgIpc) is 2.73. The maximum atomic E-state index is 11.6. The van der Waals surface area contributed by atoms with Crippen LogP contribution in [-0.2, 0) is 13.9 Å². The number of hydrogen-bond acceptors (Lipinski definition) is 5. The van der Waals surface area contributed by atoms with Gasteiger partial charge >= 0.3 is 6.16 Å². The first kappa shape index (κ1) is 26.8. The predicted octanol–water partition coefficient (Wildman–Crippen LogP) is 4.82. The molecule has 6 heteroatoms. The lowest BCUT2D eigenvalue weighted by Crippen LogP contribution is -2.67. The van der Waals surface area contributed by atoms with Crippen molar-refractivity contribution >= 4 is 24.8 Å². The number of aliphatic hydroxyl groups excluding tert-OH is 1. The Bertz CT molecular complexity index is 843. The molecular weight excluding hydrogens is 432 g/mol. The van der Waals surface area contributed by atoms with Gasteiger partial charge in [0.1, 0.15) is 12.2 Å². The summed E-state index contributed by atoms with van der Waals surface area (Å²) in [5.41, 5.74) is -0.588. The molecule has 0 fully saturated rings. The Morgan fingerprint density at radius 1 is 0.909 bits per heavy atom. The van der Waals surface area contributed by atoms with Crippen LogP contribution in [0.25, 0.3) is 0 Å². The van der Waals surface area contributed by atoms with Gasteiger partial charge in [-0.1, -0.05) is 93.6 Å². The van der Waals surface area contributed by atoms with E-state index in [-0.39, 0.29) is 18.3 Å². The molecule has 0 spiro atoms. The van der Waals surface area contributed by atoms with Crippen LogP contribution in [0.2, 0.25) is 5.04 Å². The van der Waals surface area contributed by atoms with Crippen LogP contribution in [0.4, 0.5) is 4.79 Å². The molecule has 0 aromatic heterocycles. The molecule has 0 saturated carbocycles. The van der Waals surface area contributed by atoms with Crippen LogP contribution in [0, 0.1) is 0 Å². The van der Waals surface area contributed by atoms with E-state index in [0.29, 0.717) is 6.42 Å². The summed E-state index contributed by atoms with van der Waals surface area (Å²) in [7, 11) is -2.67. The molecule has 180 valence electrons. The average molecular weight is 471 g/mol. The Labute approximate surface area is 199 Å². The van der Waals surface area contributed by atoms with Crippen LogP contribution in [0.5, 0.6) is 0 Å². The highest BCUT2D eigenvalue weighted by atomic mass is 28.4. The zero-order chi connectivity index (χ0) is 24.5. The van der Waals surface area contributed by atoms with Crippen LogP contribution in [0.3, 0.4) is 0 Å². The van der Waals surface area contributed by atoms with Gasteiger partial charge in [0.2, 0.25) is 0 Å². The van der Waals surface area contributed by atoms with Gasteiger partial charge in [-0.15, -0.1) is 0 Å². The third kappa shape index (κ3) is 7.84. The first-order chi connectivity index (χ1) is 15.5. The molecule has 0 aliphatic heterocycles. The largest absolute Gasteiger partial charge is 0.509 e. The normalized spacial score (nSPS) is 13.7. The second-order valence-electron chi connectivity index (χ2n) is 10.1. The second-order valence-corrected chi connectivity index (χ2v) is 14.4. The highest BCUT2D eigenvalue weighted by molar-refractivity contribution is 6.99. The van der Waals surface area contributed by atoms with Gasteiger partial charge in [-0.3, -0.25) is 0 Å². The number of hydrogen-bond donors (Lipinski definition) is 1. The molecule has 2 aromatic rings. The molecule has 1 N–H and O–H groups in total. The Hall–Kier alpha value is -2.41. The third-order valence-electron chi connectivity index (χ3n) is 5.17. The zero-order valence-corrected chi connectivity index (χ0v) is 21.7. The van der Waals surface area contributed by atoms with Crippen LogP contribution in [0.15, 0.2) is 72.8 Å². The van der Waals surface area contributed by atoms with E-state index < -0.39 is 26.2 Å². The molecule has 2 rings (SSSR count). The van der Waals surface area contributed by atoms with Crippen molar-refractivity contribution in [1.82, 2.24) is 0 Å². The lowest BCUT2D eigenvalue weighted by molar-refractivity contribution is -0.00245. The summed E-state index contributed by atoms with van der Waals surface area (Å²) in [6, 6.07) is 20.7. The molecule has 0 unspecified atom stereocenters. The summed E-state index contributed by atoms with van der Waals surface area (Å²) in [5, 5.41) is 12.9. The van der Waals surface area contributed by atoms with Crippen molar-refractivity contribution in [2.45, 2.75) is 64.7 Å². The lowest BCUT2D eigenvalue weighted by atomic mass is 10.2. The Morgan fingerprint density at radius 2 is 1.42 bits per heavy atom. The van der Waals surface area contributed by atoms with Crippen molar-refractivity contribution in [2.75, 3.05) is 13.2 Å². The van der Waals surface area contributed by atoms with Crippen molar-refractivity contribution in [3.63, 3.8) is 0 Å². The molecule has 33 heavy (non-hydrogen) atoms. The maximum absolute atomic E-state index is 11.6. The summed E-state index contributed by atoms with van der Waals surface area (Å²) in [5.74, 6) is 0. The monoisotopic (exact) mass is 470 g/mol. The minimum Gasteiger partial charge on any atom is -0.430 e. The van der Waals surface area contributed by atoms with Gasteiger partial charge in [0, 0.05) is 0 Å². The van der Waals surface area contributed by atoms with Gasteiger partial charge in [-0.25, -0.2) is 4.79 Å². The number of ether oxygens (including phenoxy) is 2. The van der Waals surface area contributed by atoms with Crippen LogP contribution >= 0.6 is 0 Å². The Kier molecular flexibility index (Phi) is 9.46. The quantitative estimate of drug-likeness (QED) is 0.323. The fraction of sp³-hybridized carbons (Fsp3) is 0.444. The first-order valence-electron chi connectivity index (χ1n) is 11.4. The van der Waals surface area contributed by atoms with Crippen LogP contribution in [-0.4, -0.2) is 44.5 Å². The van der Waals surface area contributed by atoms with Crippen molar-refractivity contribution in [2.24, 2.45) is 0 Å². The molecule has 1 atom stereocenters. The number of aliphatic hydroxyl groups is 1. The lowest BCUT2D eigenvalue weighted by Gasteiger charge is -2.43. The van der Waals surface area contributed by atoms with Gasteiger partial charge in [0.05, 0.1) is 12.7 Å². The van der Waals surface area contributed by atoms with Crippen molar-refractivity contribution in [1.29, 1.82) is 0 Å². The van der Waals surface area contributed by atoms with Crippen LogP contribution < -0.4 is 10.4 Å². The smallest absolute Gasteiger partial charge is 0.430 e. The molecule has 2 aromatic carbocycles. The van der Waals surface area contributed by atoms with E-state index in [1.807, 2.05) is 36.4 Å². The third-order valence-corrected chi connectivity index (χ3v) is 10.2. The van der Waals surface area contributed by atoms with Gasteiger partial charge in [-0.2, -0.15) is 0 Å². The van der Waals surface area contributed by atoms with E-state index >= 15 is 0 Å². The number of carbonyl (C=O) groups excluding carboxylic acids is 1. The summed E-state index contributed by atoms with van der Waals surface area (Å²) in [6.45, 7) is 12.3. The maximum Gasteiger partial charge on any atom is 0.509 e. The Balaban J connectivity index is 2.07. The number of benzene rings is 2.